The van der Waals surface area contributed by atoms with E-state index in [0.717, 1.165) is 10.9 Å². The highest BCUT2D eigenvalue weighted by molar-refractivity contribution is 6.31. The molecule has 0 saturated heterocycles. The first-order chi connectivity index (χ1) is 9.56. The van der Waals surface area contributed by atoms with Crippen LogP contribution >= 0.6 is 11.6 Å². The van der Waals surface area contributed by atoms with Crippen molar-refractivity contribution in [3.05, 3.63) is 70.1 Å². The second-order valence-electron chi connectivity index (χ2n) is 4.69. The van der Waals surface area contributed by atoms with E-state index >= 15 is 0 Å². The fourth-order valence-corrected chi connectivity index (χ4v) is 2.35. The van der Waals surface area contributed by atoms with Crippen molar-refractivity contribution in [3.63, 3.8) is 0 Å². The summed E-state index contributed by atoms with van der Waals surface area (Å²) in [4.78, 5) is 15.5. The molecular weight excluding hydrogens is 277 g/mol. The average Bonchev–Trinajstić information content (AvgIpc) is 2.84. The maximum Gasteiger partial charge on any atom is 0.195 e. The molecule has 0 aliphatic carbocycles. The lowest BCUT2D eigenvalue weighted by Crippen LogP contribution is -2.01. The number of nitrogens with one attached hydrogen (secondary N) is 1. The molecule has 1 aromatic heterocycles. The number of H-pyrrole nitrogens is 1. The number of hydrogen-bond donors (Lipinski definition) is 1. The Morgan fingerprint density at radius 1 is 1.20 bits per heavy atom. The summed E-state index contributed by atoms with van der Waals surface area (Å²) in [6.45, 7) is 1.66. The summed E-state index contributed by atoms with van der Waals surface area (Å²) >= 11 is 5.91. The van der Waals surface area contributed by atoms with Gasteiger partial charge in [0.1, 0.15) is 5.82 Å². The molecule has 0 radical (unpaired) electrons. The minimum absolute atomic E-state index is 0.211. The van der Waals surface area contributed by atoms with E-state index in [0.29, 0.717) is 21.7 Å². The Hall–Kier alpha value is -2.13. The molecule has 1 N–H and O–H groups in total. The van der Waals surface area contributed by atoms with Crippen LogP contribution in [0, 0.1) is 12.7 Å². The second kappa shape index (κ2) is 4.76. The molecule has 100 valence electrons. The standard InChI is InChI=1S/C16H11ClFNO/c1-9-2-3-10(6-14(9)18)16(20)13-8-19-15-7-11(17)4-5-12(13)15/h2-8,19H,1H3. The number of carbonyl (C=O) groups is 1. The molecule has 0 aliphatic rings. The van der Waals surface area contributed by atoms with Crippen LogP contribution in [-0.2, 0) is 0 Å². The Morgan fingerprint density at radius 3 is 2.75 bits per heavy atom. The topological polar surface area (TPSA) is 32.9 Å². The Bertz CT molecular complexity index is 822. The van der Waals surface area contributed by atoms with E-state index in [-0.39, 0.29) is 11.6 Å². The van der Waals surface area contributed by atoms with Gasteiger partial charge < -0.3 is 4.98 Å². The number of benzene rings is 2. The van der Waals surface area contributed by atoms with Gasteiger partial charge in [0, 0.05) is 33.2 Å². The van der Waals surface area contributed by atoms with Gasteiger partial charge in [0.25, 0.3) is 0 Å². The first-order valence-electron chi connectivity index (χ1n) is 6.14. The molecule has 0 amide bonds. The zero-order chi connectivity index (χ0) is 14.3. The van der Waals surface area contributed by atoms with Crippen molar-refractivity contribution in [1.82, 2.24) is 4.98 Å². The van der Waals surface area contributed by atoms with Crippen molar-refractivity contribution in [1.29, 1.82) is 0 Å². The Labute approximate surface area is 120 Å². The lowest BCUT2D eigenvalue weighted by Gasteiger charge is -2.02. The van der Waals surface area contributed by atoms with E-state index < -0.39 is 0 Å². The van der Waals surface area contributed by atoms with Crippen molar-refractivity contribution < 1.29 is 9.18 Å². The van der Waals surface area contributed by atoms with Gasteiger partial charge in [-0.1, -0.05) is 29.8 Å². The van der Waals surface area contributed by atoms with Crippen LogP contribution in [0.3, 0.4) is 0 Å². The highest BCUT2D eigenvalue weighted by Crippen LogP contribution is 2.24. The summed E-state index contributed by atoms with van der Waals surface area (Å²) in [6, 6.07) is 9.77. The molecule has 0 unspecified atom stereocenters. The van der Waals surface area contributed by atoms with E-state index in [1.54, 1.807) is 43.5 Å². The van der Waals surface area contributed by atoms with Gasteiger partial charge >= 0.3 is 0 Å². The maximum atomic E-state index is 13.6. The smallest absolute Gasteiger partial charge is 0.195 e. The van der Waals surface area contributed by atoms with Gasteiger partial charge in [0.2, 0.25) is 0 Å². The number of hydrogen-bond acceptors (Lipinski definition) is 1. The third-order valence-electron chi connectivity index (χ3n) is 3.32. The van der Waals surface area contributed by atoms with Crippen molar-refractivity contribution >= 4 is 28.3 Å². The molecule has 2 aromatic carbocycles. The number of fused-ring (bicyclic) bond motifs is 1. The molecule has 3 rings (SSSR count). The van der Waals surface area contributed by atoms with Crippen LogP contribution in [-0.4, -0.2) is 10.8 Å². The molecule has 2 nitrogen and oxygen atoms in total. The first-order valence-corrected chi connectivity index (χ1v) is 6.51. The average molecular weight is 288 g/mol. The predicted octanol–water partition coefficient (Wildman–Crippen LogP) is 4.50. The highest BCUT2D eigenvalue weighted by Gasteiger charge is 2.15. The van der Waals surface area contributed by atoms with Crippen molar-refractivity contribution in [3.8, 4) is 0 Å². The molecule has 0 saturated carbocycles. The van der Waals surface area contributed by atoms with E-state index in [1.165, 1.54) is 6.07 Å². The number of carbonyl (C=O) groups excluding carboxylic acids is 1. The lowest BCUT2D eigenvalue weighted by molar-refractivity contribution is 0.104. The quantitative estimate of drug-likeness (QED) is 0.692. The summed E-state index contributed by atoms with van der Waals surface area (Å²) in [5, 5.41) is 1.38. The molecule has 20 heavy (non-hydrogen) atoms. The summed E-state index contributed by atoms with van der Waals surface area (Å²) < 4.78 is 13.6. The number of halogens is 2. The van der Waals surface area contributed by atoms with Gasteiger partial charge in [0.05, 0.1) is 0 Å². The van der Waals surface area contributed by atoms with Gasteiger partial charge in [-0.2, -0.15) is 0 Å². The second-order valence-corrected chi connectivity index (χ2v) is 5.12. The fourth-order valence-electron chi connectivity index (χ4n) is 2.18. The van der Waals surface area contributed by atoms with Crippen LogP contribution in [0.5, 0.6) is 0 Å². The zero-order valence-electron chi connectivity index (χ0n) is 10.7. The molecule has 0 fully saturated rings. The van der Waals surface area contributed by atoms with Gasteiger partial charge in [-0.15, -0.1) is 0 Å². The minimum Gasteiger partial charge on any atom is -0.360 e. The molecule has 0 bridgehead atoms. The Kier molecular flexibility index (Phi) is 3.07. The van der Waals surface area contributed by atoms with E-state index in [4.69, 9.17) is 11.6 Å². The first kappa shape index (κ1) is 12.9. The van der Waals surface area contributed by atoms with Gasteiger partial charge in [0.15, 0.2) is 5.78 Å². The number of rotatable bonds is 2. The Balaban J connectivity index is 2.10. The highest BCUT2D eigenvalue weighted by atomic mass is 35.5. The van der Waals surface area contributed by atoms with Crippen LogP contribution < -0.4 is 0 Å². The van der Waals surface area contributed by atoms with Crippen LogP contribution in [0.2, 0.25) is 5.02 Å². The largest absolute Gasteiger partial charge is 0.360 e. The van der Waals surface area contributed by atoms with Crippen LogP contribution in [0.1, 0.15) is 21.5 Å². The number of aromatic amines is 1. The SMILES string of the molecule is Cc1ccc(C(=O)c2c[nH]c3cc(Cl)ccc23)cc1F. The zero-order valence-corrected chi connectivity index (χ0v) is 11.5. The molecule has 4 heteroatoms. The summed E-state index contributed by atoms with van der Waals surface area (Å²) in [7, 11) is 0. The van der Waals surface area contributed by atoms with E-state index in [2.05, 4.69) is 4.98 Å². The summed E-state index contributed by atoms with van der Waals surface area (Å²) in [5.74, 6) is -0.587. The van der Waals surface area contributed by atoms with Gasteiger partial charge in [-0.25, -0.2) is 4.39 Å². The van der Waals surface area contributed by atoms with Crippen LogP contribution in [0.4, 0.5) is 4.39 Å². The van der Waals surface area contributed by atoms with Crippen LogP contribution in [0.25, 0.3) is 10.9 Å². The van der Waals surface area contributed by atoms with Gasteiger partial charge in [-0.3, -0.25) is 4.79 Å². The van der Waals surface area contributed by atoms with Crippen molar-refractivity contribution in [2.75, 3.05) is 0 Å². The maximum absolute atomic E-state index is 13.6. The summed E-state index contributed by atoms with van der Waals surface area (Å²) in [6.07, 6.45) is 1.63. The molecular formula is C16H11ClFNO. The molecule has 0 aliphatic heterocycles. The number of ketones is 1. The number of aryl methyl sites for hydroxylation is 1. The third-order valence-corrected chi connectivity index (χ3v) is 3.56. The minimum atomic E-state index is -0.376. The Morgan fingerprint density at radius 2 is 2.00 bits per heavy atom. The molecule has 0 atom stereocenters. The normalized spacial score (nSPS) is 10.9. The third kappa shape index (κ3) is 2.10. The molecule has 1 heterocycles. The van der Waals surface area contributed by atoms with Crippen molar-refractivity contribution in [2.45, 2.75) is 6.92 Å². The summed E-state index contributed by atoms with van der Waals surface area (Å²) in [5.41, 5.74) is 2.16. The predicted molar refractivity (Wildman–Crippen MR) is 77.9 cm³/mol. The molecule has 3 aromatic rings. The van der Waals surface area contributed by atoms with Gasteiger partial charge in [-0.05, 0) is 30.7 Å². The monoisotopic (exact) mass is 287 g/mol. The number of aromatic nitrogens is 1. The van der Waals surface area contributed by atoms with E-state index in [1.807, 2.05) is 0 Å². The van der Waals surface area contributed by atoms with Crippen LogP contribution in [0.15, 0.2) is 42.6 Å². The van der Waals surface area contributed by atoms with Crippen molar-refractivity contribution in [2.24, 2.45) is 0 Å². The fraction of sp³-hybridized carbons (Fsp3) is 0.0625. The lowest BCUT2D eigenvalue weighted by atomic mass is 10.0. The van der Waals surface area contributed by atoms with E-state index in [9.17, 15) is 9.18 Å². The molecule has 0 spiro atoms.